The molecule has 0 amide bonds. The summed E-state index contributed by atoms with van der Waals surface area (Å²) in [5.41, 5.74) is 1.45. The second kappa shape index (κ2) is 5.00. The maximum absolute atomic E-state index is 10.5. The first-order valence-electron chi connectivity index (χ1n) is 6.03. The molecule has 1 N–H and O–H groups in total. The van der Waals surface area contributed by atoms with Crippen LogP contribution in [0.1, 0.15) is 17.4 Å². The smallest absolute Gasteiger partial charge is 0.122 e. The van der Waals surface area contributed by atoms with E-state index in [0.29, 0.717) is 10.7 Å². The molecule has 0 radical (unpaired) electrons. The number of aliphatic hydroxyl groups is 1. The molecule has 0 aliphatic heterocycles. The van der Waals surface area contributed by atoms with Gasteiger partial charge in [-0.2, -0.15) is 0 Å². The Labute approximate surface area is 116 Å². The van der Waals surface area contributed by atoms with Gasteiger partial charge in [0.2, 0.25) is 0 Å². The summed E-state index contributed by atoms with van der Waals surface area (Å²) in [6.07, 6.45) is 0.800. The molecule has 0 aliphatic carbocycles. The Morgan fingerprint density at radius 1 is 0.947 bits per heavy atom. The number of halogens is 1. The molecule has 0 saturated heterocycles. The number of fused-ring (bicyclic) bond motifs is 1. The number of aromatic nitrogens is 1. The van der Waals surface area contributed by atoms with Gasteiger partial charge in [-0.15, -0.1) is 0 Å². The highest BCUT2D eigenvalue weighted by atomic mass is 35.5. The molecule has 94 valence electrons. The van der Waals surface area contributed by atoms with Gasteiger partial charge in [-0.05, 0) is 28.5 Å². The molecule has 0 spiro atoms. The summed E-state index contributed by atoms with van der Waals surface area (Å²) < 4.78 is 0. The van der Waals surface area contributed by atoms with Crippen molar-refractivity contribution in [2.24, 2.45) is 0 Å². The normalized spacial score (nSPS) is 12.5. The van der Waals surface area contributed by atoms with Gasteiger partial charge in [-0.3, -0.25) is 4.98 Å². The van der Waals surface area contributed by atoms with E-state index in [1.807, 2.05) is 42.5 Å². The molecular weight excluding hydrogens is 258 g/mol. The van der Waals surface area contributed by atoms with Crippen molar-refractivity contribution in [1.82, 2.24) is 4.98 Å². The second-order valence-corrected chi connectivity index (χ2v) is 4.81. The molecule has 2 aromatic carbocycles. The lowest BCUT2D eigenvalue weighted by atomic mass is 9.98. The summed E-state index contributed by atoms with van der Waals surface area (Å²) in [6, 6.07) is 17.4. The van der Waals surface area contributed by atoms with Gasteiger partial charge in [0.1, 0.15) is 6.10 Å². The van der Waals surface area contributed by atoms with Crippen LogP contribution in [0, 0.1) is 0 Å². The predicted molar refractivity (Wildman–Crippen MR) is 77.3 cm³/mol. The van der Waals surface area contributed by atoms with E-state index in [1.54, 1.807) is 18.3 Å². The van der Waals surface area contributed by atoms with E-state index in [4.69, 9.17) is 11.6 Å². The van der Waals surface area contributed by atoms with Crippen LogP contribution in [0.5, 0.6) is 0 Å². The Bertz CT molecular complexity index is 704. The largest absolute Gasteiger partial charge is 0.382 e. The Kier molecular flexibility index (Phi) is 3.20. The highest BCUT2D eigenvalue weighted by Crippen LogP contribution is 2.28. The maximum Gasteiger partial charge on any atom is 0.122 e. The first-order chi connectivity index (χ1) is 9.25. The Morgan fingerprint density at radius 3 is 2.53 bits per heavy atom. The fourth-order valence-electron chi connectivity index (χ4n) is 2.20. The van der Waals surface area contributed by atoms with Gasteiger partial charge in [0.15, 0.2) is 0 Å². The van der Waals surface area contributed by atoms with Crippen molar-refractivity contribution in [2.45, 2.75) is 6.10 Å². The van der Waals surface area contributed by atoms with Crippen molar-refractivity contribution >= 4 is 22.4 Å². The number of aliphatic hydroxyl groups excluding tert-OH is 1. The zero-order chi connectivity index (χ0) is 13.2. The molecular formula is C16H12ClNO. The van der Waals surface area contributed by atoms with Crippen molar-refractivity contribution in [1.29, 1.82) is 0 Å². The van der Waals surface area contributed by atoms with Gasteiger partial charge in [0.05, 0.1) is 10.7 Å². The van der Waals surface area contributed by atoms with Crippen LogP contribution in [-0.2, 0) is 0 Å². The molecule has 0 fully saturated rings. The van der Waals surface area contributed by atoms with Crippen LogP contribution in [-0.4, -0.2) is 10.1 Å². The molecule has 1 heterocycles. The summed E-state index contributed by atoms with van der Waals surface area (Å²) in [4.78, 5) is 4.18. The monoisotopic (exact) mass is 269 g/mol. The SMILES string of the molecule is OC(c1ccc(Cl)cn1)c1cccc2ccccc12. The van der Waals surface area contributed by atoms with Gasteiger partial charge < -0.3 is 5.11 Å². The van der Waals surface area contributed by atoms with Crippen molar-refractivity contribution < 1.29 is 5.11 Å². The van der Waals surface area contributed by atoms with Crippen LogP contribution < -0.4 is 0 Å². The topological polar surface area (TPSA) is 33.1 Å². The van der Waals surface area contributed by atoms with Gasteiger partial charge in [-0.25, -0.2) is 0 Å². The summed E-state index contributed by atoms with van der Waals surface area (Å²) in [5, 5.41) is 13.2. The molecule has 1 atom stereocenters. The average Bonchev–Trinajstić information content (AvgIpc) is 2.47. The average molecular weight is 270 g/mol. The first kappa shape index (κ1) is 12.2. The van der Waals surface area contributed by atoms with Crippen LogP contribution in [0.4, 0.5) is 0 Å². The van der Waals surface area contributed by atoms with Crippen LogP contribution >= 0.6 is 11.6 Å². The third-order valence-corrected chi connectivity index (χ3v) is 3.37. The standard InChI is InChI=1S/C16H12ClNO/c17-12-8-9-15(18-10-12)16(19)14-7-3-5-11-4-1-2-6-13(11)14/h1-10,16,19H. The predicted octanol–water partition coefficient (Wildman–Crippen LogP) is 3.97. The van der Waals surface area contributed by atoms with Crippen molar-refractivity contribution in [2.75, 3.05) is 0 Å². The molecule has 3 heteroatoms. The van der Waals surface area contributed by atoms with Crippen LogP contribution in [0.25, 0.3) is 10.8 Å². The minimum Gasteiger partial charge on any atom is -0.382 e. The van der Waals surface area contributed by atoms with E-state index in [2.05, 4.69) is 4.98 Å². The van der Waals surface area contributed by atoms with Crippen molar-refractivity contribution in [3.8, 4) is 0 Å². The number of hydrogen-bond donors (Lipinski definition) is 1. The summed E-state index contributed by atoms with van der Waals surface area (Å²) >= 11 is 5.81. The number of pyridine rings is 1. The third kappa shape index (κ3) is 2.33. The summed E-state index contributed by atoms with van der Waals surface area (Å²) in [6.45, 7) is 0. The Hall–Kier alpha value is -1.90. The molecule has 0 bridgehead atoms. The van der Waals surface area contributed by atoms with Crippen molar-refractivity contribution in [3.05, 3.63) is 77.1 Å². The van der Waals surface area contributed by atoms with Crippen LogP contribution in [0.15, 0.2) is 60.8 Å². The van der Waals surface area contributed by atoms with E-state index in [-0.39, 0.29) is 0 Å². The zero-order valence-corrected chi connectivity index (χ0v) is 10.9. The lowest BCUT2D eigenvalue weighted by Crippen LogP contribution is -2.02. The van der Waals surface area contributed by atoms with E-state index in [9.17, 15) is 5.11 Å². The fourth-order valence-corrected chi connectivity index (χ4v) is 2.31. The molecule has 3 rings (SSSR count). The molecule has 1 aromatic heterocycles. The van der Waals surface area contributed by atoms with Crippen molar-refractivity contribution in [3.63, 3.8) is 0 Å². The van der Waals surface area contributed by atoms with E-state index in [0.717, 1.165) is 16.3 Å². The Morgan fingerprint density at radius 2 is 1.74 bits per heavy atom. The number of rotatable bonds is 2. The molecule has 2 nitrogen and oxygen atoms in total. The molecule has 1 unspecified atom stereocenters. The maximum atomic E-state index is 10.5. The molecule has 3 aromatic rings. The number of benzene rings is 2. The number of nitrogens with zero attached hydrogens (tertiary/aromatic N) is 1. The highest BCUT2D eigenvalue weighted by molar-refractivity contribution is 6.30. The molecule has 0 saturated carbocycles. The second-order valence-electron chi connectivity index (χ2n) is 4.37. The molecule has 19 heavy (non-hydrogen) atoms. The highest BCUT2D eigenvalue weighted by Gasteiger charge is 2.14. The summed E-state index contributed by atoms with van der Waals surface area (Å²) in [5.74, 6) is 0. The zero-order valence-electron chi connectivity index (χ0n) is 10.1. The Balaban J connectivity index is 2.11. The first-order valence-corrected chi connectivity index (χ1v) is 6.41. The third-order valence-electron chi connectivity index (χ3n) is 3.15. The lowest BCUT2D eigenvalue weighted by Gasteiger charge is -2.13. The quantitative estimate of drug-likeness (QED) is 0.764. The van der Waals surface area contributed by atoms with Gasteiger partial charge in [0.25, 0.3) is 0 Å². The van der Waals surface area contributed by atoms with Gasteiger partial charge in [0, 0.05) is 6.20 Å². The lowest BCUT2D eigenvalue weighted by molar-refractivity contribution is 0.217. The fraction of sp³-hybridized carbons (Fsp3) is 0.0625. The van der Waals surface area contributed by atoms with Gasteiger partial charge >= 0.3 is 0 Å². The molecule has 0 aliphatic rings. The van der Waals surface area contributed by atoms with Crippen LogP contribution in [0.3, 0.4) is 0 Å². The van der Waals surface area contributed by atoms with Gasteiger partial charge in [-0.1, -0.05) is 54.1 Å². The van der Waals surface area contributed by atoms with E-state index >= 15 is 0 Å². The minimum atomic E-state index is -0.747. The minimum absolute atomic E-state index is 0.564. The number of hydrogen-bond acceptors (Lipinski definition) is 2. The van der Waals surface area contributed by atoms with E-state index < -0.39 is 6.10 Å². The van der Waals surface area contributed by atoms with Crippen LogP contribution in [0.2, 0.25) is 5.02 Å². The summed E-state index contributed by atoms with van der Waals surface area (Å²) in [7, 11) is 0. The van der Waals surface area contributed by atoms with E-state index in [1.165, 1.54) is 0 Å².